The largest absolute Gasteiger partial charge is 0.497 e. The highest BCUT2D eigenvalue weighted by atomic mass is 19.1. The second-order valence-corrected chi connectivity index (χ2v) is 6.20. The monoisotopic (exact) mass is 406 g/mol. The summed E-state index contributed by atoms with van der Waals surface area (Å²) in [4.78, 5) is 25.4. The topological polar surface area (TPSA) is 61.8 Å². The Labute approximate surface area is 173 Å². The van der Waals surface area contributed by atoms with Gasteiger partial charge in [-0.3, -0.25) is 4.79 Å². The van der Waals surface area contributed by atoms with Crippen LogP contribution in [-0.2, 0) is 0 Å². The maximum atomic E-state index is 13.0. The number of benzene rings is 3. The summed E-state index contributed by atoms with van der Waals surface area (Å²) in [7, 11) is 2.92. The lowest BCUT2D eigenvalue weighted by Crippen LogP contribution is -2.12. The maximum absolute atomic E-state index is 13.0. The van der Waals surface area contributed by atoms with E-state index in [-0.39, 0.29) is 28.5 Å². The fraction of sp³-hybridized carbons (Fsp3) is 0.0833. The lowest BCUT2D eigenvalue weighted by molar-refractivity contribution is 0.0729. The number of halogens is 1. The molecule has 0 bridgehead atoms. The molecule has 152 valence electrons. The van der Waals surface area contributed by atoms with Gasteiger partial charge in [-0.25, -0.2) is 9.18 Å². The maximum Gasteiger partial charge on any atom is 0.347 e. The number of hydrogen-bond acceptors (Lipinski definition) is 5. The summed E-state index contributed by atoms with van der Waals surface area (Å²) in [5.74, 6) is -0.577. The number of rotatable bonds is 7. The van der Waals surface area contributed by atoms with Crippen molar-refractivity contribution in [3.63, 3.8) is 0 Å². The second kappa shape index (κ2) is 9.52. The molecule has 0 aliphatic carbocycles. The predicted molar refractivity (Wildman–Crippen MR) is 111 cm³/mol. The fourth-order valence-electron chi connectivity index (χ4n) is 2.72. The zero-order chi connectivity index (χ0) is 21.5. The van der Waals surface area contributed by atoms with Crippen LogP contribution >= 0.6 is 0 Å². The van der Waals surface area contributed by atoms with Gasteiger partial charge in [0.05, 0.1) is 19.8 Å². The molecule has 0 spiro atoms. The summed E-state index contributed by atoms with van der Waals surface area (Å²) < 4.78 is 28.9. The molecule has 0 saturated carbocycles. The number of ether oxygens (including phenoxy) is 3. The average molecular weight is 406 g/mol. The molecule has 0 fully saturated rings. The molecular weight excluding hydrogens is 387 g/mol. The van der Waals surface area contributed by atoms with Crippen LogP contribution in [0.5, 0.6) is 17.2 Å². The first-order valence-corrected chi connectivity index (χ1v) is 9.03. The van der Waals surface area contributed by atoms with Crippen LogP contribution in [0.3, 0.4) is 0 Å². The minimum atomic E-state index is -0.669. The van der Waals surface area contributed by atoms with Gasteiger partial charge in [0, 0.05) is 6.07 Å². The molecule has 3 aromatic rings. The van der Waals surface area contributed by atoms with Gasteiger partial charge in [0.2, 0.25) is 0 Å². The summed E-state index contributed by atoms with van der Waals surface area (Å²) in [5.41, 5.74) is 1.06. The molecule has 0 N–H and O–H groups in total. The highest BCUT2D eigenvalue weighted by Crippen LogP contribution is 2.28. The standard InChI is InChI=1S/C24H19FO5/c1-28-18-12-13-19(21(26)14-9-16-7-10-17(25)11-8-16)23(15-18)30-24(27)20-5-3-4-6-22(20)29-2/h3-15H,1-2H3. The van der Waals surface area contributed by atoms with Crippen LogP contribution < -0.4 is 14.2 Å². The van der Waals surface area contributed by atoms with Gasteiger partial charge in [0.1, 0.15) is 28.6 Å². The molecule has 3 rings (SSSR count). The number of allylic oxidation sites excluding steroid dienone is 1. The summed E-state index contributed by atoms with van der Waals surface area (Å²) in [6.07, 6.45) is 2.88. The van der Waals surface area contributed by atoms with Crippen molar-refractivity contribution in [3.05, 3.63) is 95.3 Å². The van der Waals surface area contributed by atoms with E-state index in [4.69, 9.17) is 14.2 Å². The van der Waals surface area contributed by atoms with Gasteiger partial charge >= 0.3 is 5.97 Å². The van der Waals surface area contributed by atoms with E-state index in [1.807, 2.05) is 0 Å². The first-order valence-electron chi connectivity index (χ1n) is 9.03. The van der Waals surface area contributed by atoms with Crippen molar-refractivity contribution in [1.82, 2.24) is 0 Å². The van der Waals surface area contributed by atoms with Crippen molar-refractivity contribution in [2.45, 2.75) is 0 Å². The summed E-state index contributed by atoms with van der Waals surface area (Å²) in [5, 5.41) is 0. The molecule has 6 heteroatoms. The van der Waals surface area contributed by atoms with Gasteiger partial charge in [-0.15, -0.1) is 0 Å². The highest BCUT2D eigenvalue weighted by Gasteiger charge is 2.19. The van der Waals surface area contributed by atoms with Crippen LogP contribution in [0.25, 0.3) is 6.08 Å². The molecule has 0 unspecified atom stereocenters. The van der Waals surface area contributed by atoms with Gasteiger partial charge in [-0.2, -0.15) is 0 Å². The van der Waals surface area contributed by atoms with Crippen molar-refractivity contribution in [3.8, 4) is 17.2 Å². The van der Waals surface area contributed by atoms with Crippen LogP contribution in [0.15, 0.2) is 72.8 Å². The van der Waals surface area contributed by atoms with Gasteiger partial charge in [0.15, 0.2) is 5.78 Å². The number of carbonyl (C=O) groups excluding carboxylic acids is 2. The Kier molecular flexibility index (Phi) is 6.60. The Morgan fingerprint density at radius 3 is 2.27 bits per heavy atom. The van der Waals surface area contributed by atoms with Crippen molar-refractivity contribution >= 4 is 17.8 Å². The fourth-order valence-corrected chi connectivity index (χ4v) is 2.72. The normalized spacial score (nSPS) is 10.6. The summed E-state index contributed by atoms with van der Waals surface area (Å²) in [6.45, 7) is 0. The van der Waals surface area contributed by atoms with E-state index in [2.05, 4.69) is 0 Å². The van der Waals surface area contributed by atoms with Gasteiger partial charge < -0.3 is 14.2 Å². The van der Waals surface area contributed by atoms with Crippen LogP contribution in [0, 0.1) is 5.82 Å². The predicted octanol–water partition coefficient (Wildman–Crippen LogP) is 4.96. The Hall–Kier alpha value is -3.93. The molecule has 0 saturated heterocycles. The van der Waals surface area contributed by atoms with E-state index in [0.29, 0.717) is 17.1 Å². The Balaban J connectivity index is 1.89. The van der Waals surface area contributed by atoms with Crippen LogP contribution in [0.2, 0.25) is 0 Å². The van der Waals surface area contributed by atoms with Gasteiger partial charge in [-0.05, 0) is 48.0 Å². The molecule has 0 aliphatic heterocycles. The smallest absolute Gasteiger partial charge is 0.347 e. The van der Waals surface area contributed by atoms with Crippen molar-refractivity contribution in [2.24, 2.45) is 0 Å². The Morgan fingerprint density at radius 1 is 0.833 bits per heavy atom. The first kappa shape index (κ1) is 20.8. The third kappa shape index (κ3) is 4.91. The van der Waals surface area contributed by atoms with Crippen LogP contribution in [0.4, 0.5) is 4.39 Å². The molecule has 0 radical (unpaired) electrons. The lowest BCUT2D eigenvalue weighted by atomic mass is 10.1. The zero-order valence-corrected chi connectivity index (χ0v) is 16.4. The van der Waals surface area contributed by atoms with E-state index in [1.54, 1.807) is 48.5 Å². The van der Waals surface area contributed by atoms with Crippen molar-refractivity contribution < 1.29 is 28.2 Å². The number of carbonyl (C=O) groups is 2. The molecule has 3 aromatic carbocycles. The molecule has 0 aliphatic rings. The Bertz CT molecular complexity index is 1090. The highest BCUT2D eigenvalue weighted by molar-refractivity contribution is 6.09. The van der Waals surface area contributed by atoms with Crippen LogP contribution in [-0.4, -0.2) is 26.0 Å². The van der Waals surface area contributed by atoms with Gasteiger partial charge in [-0.1, -0.05) is 30.3 Å². The summed E-state index contributed by atoms with van der Waals surface area (Å²) >= 11 is 0. The average Bonchev–Trinajstić information content (AvgIpc) is 2.78. The number of ketones is 1. The zero-order valence-electron chi connectivity index (χ0n) is 16.4. The molecule has 0 heterocycles. The van der Waals surface area contributed by atoms with E-state index in [1.165, 1.54) is 44.6 Å². The quantitative estimate of drug-likeness (QED) is 0.240. The van der Waals surface area contributed by atoms with E-state index in [0.717, 1.165) is 0 Å². The number of hydrogen-bond donors (Lipinski definition) is 0. The third-order valence-corrected chi connectivity index (χ3v) is 4.28. The van der Waals surface area contributed by atoms with E-state index >= 15 is 0 Å². The van der Waals surface area contributed by atoms with Gasteiger partial charge in [0.25, 0.3) is 0 Å². The van der Waals surface area contributed by atoms with E-state index in [9.17, 15) is 14.0 Å². The molecule has 0 amide bonds. The molecule has 5 nitrogen and oxygen atoms in total. The number of methoxy groups -OCH3 is 2. The minimum absolute atomic E-state index is 0.0546. The van der Waals surface area contributed by atoms with Crippen molar-refractivity contribution in [1.29, 1.82) is 0 Å². The third-order valence-electron chi connectivity index (χ3n) is 4.28. The SMILES string of the molecule is COc1ccc(C(=O)C=Cc2ccc(F)cc2)c(OC(=O)c2ccccc2OC)c1. The second-order valence-electron chi connectivity index (χ2n) is 6.20. The molecular formula is C24H19FO5. The minimum Gasteiger partial charge on any atom is -0.497 e. The molecule has 0 atom stereocenters. The Morgan fingerprint density at radius 2 is 1.57 bits per heavy atom. The number of para-hydroxylation sites is 1. The first-order chi connectivity index (χ1) is 14.5. The molecule has 0 aromatic heterocycles. The number of esters is 1. The summed E-state index contributed by atoms with van der Waals surface area (Å²) in [6, 6.07) is 16.9. The van der Waals surface area contributed by atoms with Crippen molar-refractivity contribution in [2.75, 3.05) is 14.2 Å². The molecule has 30 heavy (non-hydrogen) atoms. The van der Waals surface area contributed by atoms with Crippen LogP contribution in [0.1, 0.15) is 26.3 Å². The lowest BCUT2D eigenvalue weighted by Gasteiger charge is -2.12. The van der Waals surface area contributed by atoms with E-state index < -0.39 is 5.97 Å².